The third kappa shape index (κ3) is 4.80. The van der Waals surface area contributed by atoms with Crippen LogP contribution in [-0.2, 0) is 4.79 Å². The second-order valence-corrected chi connectivity index (χ2v) is 10.5. The Morgan fingerprint density at radius 1 is 1.18 bits per heavy atom. The van der Waals surface area contributed by atoms with Crippen LogP contribution >= 0.6 is 0 Å². The number of hydrogen-bond donors (Lipinski definition) is 3. The number of carbonyl (C=O) groups is 2. The molecule has 1 aromatic carbocycles. The van der Waals surface area contributed by atoms with Gasteiger partial charge in [-0.25, -0.2) is 4.39 Å². The van der Waals surface area contributed by atoms with E-state index in [1.165, 1.54) is 18.9 Å². The van der Waals surface area contributed by atoms with Gasteiger partial charge in [-0.1, -0.05) is 0 Å². The molecule has 0 bridgehead atoms. The molecule has 3 saturated heterocycles. The Hall–Kier alpha value is -2.19. The summed E-state index contributed by atoms with van der Waals surface area (Å²) in [6.45, 7) is 8.01. The fourth-order valence-electron chi connectivity index (χ4n) is 6.68. The summed E-state index contributed by atoms with van der Waals surface area (Å²) in [4.78, 5) is 29.3. The Balaban J connectivity index is 1.12. The summed E-state index contributed by atoms with van der Waals surface area (Å²) in [5.74, 6) is 0.787. The molecule has 1 saturated carbocycles. The number of rotatable bonds is 5. The minimum Gasteiger partial charge on any atom is -0.369 e. The second kappa shape index (κ2) is 10.2. The van der Waals surface area contributed by atoms with Crippen molar-refractivity contribution >= 4 is 17.5 Å². The first-order valence-corrected chi connectivity index (χ1v) is 13.1. The zero-order valence-corrected chi connectivity index (χ0v) is 20.2. The normalized spacial score (nSPS) is 31.9. The van der Waals surface area contributed by atoms with Gasteiger partial charge in [0.05, 0.1) is 11.5 Å². The number of piperazine rings is 1. The molecule has 1 aromatic rings. The van der Waals surface area contributed by atoms with E-state index in [9.17, 15) is 14.0 Å². The van der Waals surface area contributed by atoms with Gasteiger partial charge in [0.2, 0.25) is 5.91 Å². The third-order valence-corrected chi connectivity index (χ3v) is 8.43. The third-order valence-electron chi connectivity index (χ3n) is 8.43. The fourth-order valence-corrected chi connectivity index (χ4v) is 6.68. The van der Waals surface area contributed by atoms with Gasteiger partial charge < -0.3 is 20.9 Å². The molecular formula is C26H38FN5O2. The summed E-state index contributed by atoms with van der Waals surface area (Å²) in [7, 11) is 0. The van der Waals surface area contributed by atoms with Crippen molar-refractivity contribution < 1.29 is 14.0 Å². The van der Waals surface area contributed by atoms with Gasteiger partial charge >= 0.3 is 0 Å². The van der Waals surface area contributed by atoms with E-state index in [0.29, 0.717) is 30.5 Å². The molecule has 34 heavy (non-hydrogen) atoms. The van der Waals surface area contributed by atoms with Crippen molar-refractivity contribution in [1.29, 1.82) is 0 Å². The number of benzene rings is 1. The number of amides is 2. The smallest absolute Gasteiger partial charge is 0.254 e. The van der Waals surface area contributed by atoms with E-state index in [-0.39, 0.29) is 23.3 Å². The van der Waals surface area contributed by atoms with Crippen molar-refractivity contribution in [2.75, 3.05) is 50.7 Å². The Kier molecular flexibility index (Phi) is 7.06. The first-order valence-electron chi connectivity index (χ1n) is 13.1. The molecule has 4 aliphatic rings. The molecule has 5 rings (SSSR count). The van der Waals surface area contributed by atoms with Gasteiger partial charge in [0.15, 0.2) is 0 Å². The van der Waals surface area contributed by atoms with E-state index >= 15 is 0 Å². The lowest BCUT2D eigenvalue weighted by atomic mass is 9.67. The molecule has 0 spiro atoms. The maximum Gasteiger partial charge on any atom is 0.254 e. The first kappa shape index (κ1) is 23.5. The van der Waals surface area contributed by atoms with Crippen molar-refractivity contribution in [1.82, 2.24) is 20.9 Å². The number of piperidine rings is 2. The minimum absolute atomic E-state index is 0.101. The highest BCUT2D eigenvalue weighted by Gasteiger charge is 2.47. The largest absolute Gasteiger partial charge is 0.369 e. The van der Waals surface area contributed by atoms with Crippen LogP contribution in [0.5, 0.6) is 0 Å². The molecule has 2 amide bonds. The zero-order chi connectivity index (χ0) is 23.7. The zero-order valence-electron chi connectivity index (χ0n) is 20.2. The Bertz CT molecular complexity index is 903. The average molecular weight is 472 g/mol. The van der Waals surface area contributed by atoms with Crippen molar-refractivity contribution in [3.8, 4) is 0 Å². The topological polar surface area (TPSA) is 76.7 Å². The number of nitrogens with zero attached hydrogens (tertiary/aromatic N) is 2. The van der Waals surface area contributed by atoms with Gasteiger partial charge in [-0.05, 0) is 75.6 Å². The monoisotopic (exact) mass is 471 g/mol. The summed E-state index contributed by atoms with van der Waals surface area (Å²) in [6.07, 6.45) is 5.63. The van der Waals surface area contributed by atoms with Crippen molar-refractivity contribution in [3.05, 3.63) is 29.6 Å². The standard InChI is InChI=1S/C26H38FN5O2/c1-2-28-25(33)19-8-6-18(15-22(19)27)32-12-10-31(11-13-32)16-17-5-7-20-23(14-17)30-26(34)21-4-3-9-29-24(20)21/h6,8,15,17,20-21,23-24,29H,2-5,7,9-14,16H2,1H3,(H,28,33)(H,30,34). The van der Waals surface area contributed by atoms with Gasteiger partial charge in [-0.3, -0.25) is 14.5 Å². The van der Waals surface area contributed by atoms with Crippen LogP contribution in [0.1, 0.15) is 49.4 Å². The van der Waals surface area contributed by atoms with Crippen LogP contribution < -0.4 is 20.9 Å². The number of hydrogen-bond acceptors (Lipinski definition) is 5. The highest BCUT2D eigenvalue weighted by molar-refractivity contribution is 5.94. The van der Waals surface area contributed by atoms with Crippen LogP contribution in [0.4, 0.5) is 10.1 Å². The number of halogens is 1. The molecule has 5 unspecified atom stereocenters. The van der Waals surface area contributed by atoms with Crippen LogP contribution in [0.25, 0.3) is 0 Å². The maximum absolute atomic E-state index is 14.5. The lowest BCUT2D eigenvalue weighted by Crippen LogP contribution is -2.64. The SMILES string of the molecule is CCNC(=O)c1ccc(N2CCN(CC3CCC4C(C3)NC(=O)C3CCCNC34)CC2)cc1F. The highest BCUT2D eigenvalue weighted by atomic mass is 19.1. The summed E-state index contributed by atoms with van der Waals surface area (Å²) < 4.78 is 14.5. The molecule has 4 fully saturated rings. The molecular weight excluding hydrogens is 433 g/mol. The van der Waals surface area contributed by atoms with E-state index in [2.05, 4.69) is 25.8 Å². The van der Waals surface area contributed by atoms with Crippen LogP contribution in [-0.4, -0.2) is 74.6 Å². The van der Waals surface area contributed by atoms with Gasteiger partial charge in [-0.2, -0.15) is 0 Å². The van der Waals surface area contributed by atoms with Crippen LogP contribution in [0.3, 0.4) is 0 Å². The van der Waals surface area contributed by atoms with E-state index in [0.717, 1.165) is 64.2 Å². The molecule has 8 heteroatoms. The number of anilines is 1. The van der Waals surface area contributed by atoms with Crippen LogP contribution in [0, 0.1) is 23.6 Å². The lowest BCUT2D eigenvalue weighted by Gasteiger charge is -2.50. The van der Waals surface area contributed by atoms with E-state index < -0.39 is 5.82 Å². The van der Waals surface area contributed by atoms with Gasteiger partial charge in [0.1, 0.15) is 5.82 Å². The van der Waals surface area contributed by atoms with Gasteiger partial charge in [0, 0.05) is 57.0 Å². The predicted molar refractivity (Wildman–Crippen MR) is 130 cm³/mol. The molecule has 3 heterocycles. The summed E-state index contributed by atoms with van der Waals surface area (Å²) in [5, 5.41) is 9.68. The lowest BCUT2D eigenvalue weighted by molar-refractivity contribution is -0.133. The van der Waals surface area contributed by atoms with Crippen molar-refractivity contribution in [3.63, 3.8) is 0 Å². The molecule has 0 aromatic heterocycles. The Morgan fingerprint density at radius 2 is 2.00 bits per heavy atom. The molecule has 1 aliphatic carbocycles. The quantitative estimate of drug-likeness (QED) is 0.612. The number of fused-ring (bicyclic) bond motifs is 3. The predicted octanol–water partition coefficient (Wildman–Crippen LogP) is 1.98. The first-order chi connectivity index (χ1) is 16.5. The molecule has 5 atom stereocenters. The van der Waals surface area contributed by atoms with Crippen molar-refractivity contribution in [2.45, 2.75) is 51.1 Å². The Labute approximate surface area is 201 Å². The van der Waals surface area contributed by atoms with E-state index in [1.54, 1.807) is 6.07 Å². The summed E-state index contributed by atoms with van der Waals surface area (Å²) in [6, 6.07) is 5.61. The van der Waals surface area contributed by atoms with Crippen LogP contribution in [0.2, 0.25) is 0 Å². The van der Waals surface area contributed by atoms with E-state index in [4.69, 9.17) is 0 Å². The van der Waals surface area contributed by atoms with E-state index in [1.807, 2.05) is 13.0 Å². The summed E-state index contributed by atoms with van der Waals surface area (Å²) in [5.41, 5.74) is 0.939. The fraction of sp³-hybridized carbons (Fsp3) is 0.692. The Morgan fingerprint density at radius 3 is 2.76 bits per heavy atom. The number of carbonyl (C=O) groups excluding carboxylic acids is 2. The van der Waals surface area contributed by atoms with Gasteiger partial charge in [-0.15, -0.1) is 0 Å². The molecule has 3 aliphatic heterocycles. The van der Waals surface area contributed by atoms with Crippen molar-refractivity contribution in [2.24, 2.45) is 17.8 Å². The van der Waals surface area contributed by atoms with Gasteiger partial charge in [0.25, 0.3) is 5.91 Å². The maximum atomic E-state index is 14.5. The molecule has 7 nitrogen and oxygen atoms in total. The minimum atomic E-state index is -0.466. The molecule has 3 N–H and O–H groups in total. The average Bonchev–Trinajstić information content (AvgIpc) is 2.84. The molecule has 186 valence electrons. The molecule has 0 radical (unpaired) electrons. The van der Waals surface area contributed by atoms with Crippen LogP contribution in [0.15, 0.2) is 18.2 Å². The number of nitrogens with one attached hydrogen (secondary N) is 3. The highest BCUT2D eigenvalue weighted by Crippen LogP contribution is 2.39. The second-order valence-electron chi connectivity index (χ2n) is 10.5. The summed E-state index contributed by atoms with van der Waals surface area (Å²) >= 11 is 0.